The highest BCUT2D eigenvalue weighted by Gasteiger charge is 2.43. The number of fused-ring (bicyclic) bond motifs is 2. The van der Waals surface area contributed by atoms with Crippen LogP contribution in [0.25, 0.3) is 10.9 Å². The third-order valence-electron chi connectivity index (χ3n) is 8.84. The van der Waals surface area contributed by atoms with Crippen LogP contribution in [0.4, 0.5) is 4.79 Å². The molecule has 2 N–H and O–H groups in total. The van der Waals surface area contributed by atoms with Crippen molar-refractivity contribution in [1.29, 1.82) is 0 Å². The summed E-state index contributed by atoms with van der Waals surface area (Å²) in [7, 11) is 0. The Morgan fingerprint density at radius 1 is 1.20 bits per heavy atom. The van der Waals surface area contributed by atoms with Crippen molar-refractivity contribution in [2.45, 2.75) is 64.1 Å². The summed E-state index contributed by atoms with van der Waals surface area (Å²) in [6.45, 7) is 12.4. The van der Waals surface area contributed by atoms with E-state index in [1.54, 1.807) is 0 Å². The second-order valence-electron chi connectivity index (χ2n) is 11.1. The number of nitrogens with one attached hydrogen (secondary N) is 2. The number of aromatic nitrogens is 1. The van der Waals surface area contributed by atoms with Gasteiger partial charge in [0, 0.05) is 80.4 Å². The minimum atomic E-state index is 0.0916. The minimum Gasteiger partial charge on any atom is -0.379 e. The Balaban J connectivity index is 1.31. The normalized spacial score (nSPS) is 27.1. The molecular weight excluding hydrogens is 438 g/mol. The van der Waals surface area contributed by atoms with Crippen molar-refractivity contribution in [1.82, 2.24) is 25.0 Å². The van der Waals surface area contributed by atoms with Crippen LogP contribution in [0.1, 0.15) is 55.8 Å². The third-order valence-corrected chi connectivity index (χ3v) is 8.84. The van der Waals surface area contributed by atoms with E-state index >= 15 is 0 Å². The standard InChI is InChI=1S/C28H41N5O2/c1-3-32(4-2)28(34)29-20-14-22-21-6-5-7-24-27(21)23(15-26(22)33(17-20)16-19-8-9-19)25(30-24)18-31-10-12-35-13-11-31/h5-7,19-20,22,26,30H,3-4,8-18H2,1-2H3,(H,29,34)/t20-,22?,26+/m0/s1. The Morgan fingerprint density at radius 3 is 2.74 bits per heavy atom. The van der Waals surface area contributed by atoms with Crippen LogP contribution in [0.5, 0.6) is 0 Å². The lowest BCUT2D eigenvalue weighted by Crippen LogP contribution is -2.58. The molecule has 0 spiro atoms. The van der Waals surface area contributed by atoms with Gasteiger partial charge in [0.05, 0.1) is 13.2 Å². The number of hydrogen-bond acceptors (Lipinski definition) is 4. The van der Waals surface area contributed by atoms with Crippen LogP contribution in [0.2, 0.25) is 0 Å². The summed E-state index contributed by atoms with van der Waals surface area (Å²) in [4.78, 5) is 23.9. The zero-order valence-corrected chi connectivity index (χ0v) is 21.4. The van der Waals surface area contributed by atoms with E-state index in [1.165, 1.54) is 47.1 Å². The first-order valence-electron chi connectivity index (χ1n) is 13.9. The first kappa shape index (κ1) is 23.3. The third kappa shape index (κ3) is 4.58. The molecule has 2 saturated heterocycles. The first-order valence-corrected chi connectivity index (χ1v) is 13.9. The van der Waals surface area contributed by atoms with Crippen LogP contribution < -0.4 is 5.32 Å². The number of nitrogens with zero attached hydrogens (tertiary/aromatic N) is 3. The molecule has 3 fully saturated rings. The van der Waals surface area contributed by atoms with Crippen LogP contribution >= 0.6 is 0 Å². The molecule has 2 aromatic rings. The summed E-state index contributed by atoms with van der Waals surface area (Å²) >= 11 is 0. The number of morpholine rings is 1. The Hall–Kier alpha value is -2.09. The highest BCUT2D eigenvalue weighted by molar-refractivity contribution is 5.89. The Bertz CT molecular complexity index is 1050. The van der Waals surface area contributed by atoms with Crippen LogP contribution in [-0.4, -0.2) is 90.3 Å². The molecular formula is C28H41N5O2. The number of hydrogen-bond donors (Lipinski definition) is 2. The predicted molar refractivity (Wildman–Crippen MR) is 139 cm³/mol. The second kappa shape index (κ2) is 9.75. The number of carbonyl (C=O) groups is 1. The predicted octanol–water partition coefficient (Wildman–Crippen LogP) is 3.54. The van der Waals surface area contributed by atoms with Crippen molar-refractivity contribution < 1.29 is 9.53 Å². The summed E-state index contributed by atoms with van der Waals surface area (Å²) in [6, 6.07) is 7.65. The van der Waals surface area contributed by atoms with Gasteiger partial charge in [0.25, 0.3) is 0 Å². The number of piperidine rings is 1. The van der Waals surface area contributed by atoms with Crippen LogP contribution in [-0.2, 0) is 17.7 Å². The molecule has 7 nitrogen and oxygen atoms in total. The van der Waals surface area contributed by atoms with Crippen molar-refractivity contribution in [2.24, 2.45) is 5.92 Å². The van der Waals surface area contributed by atoms with E-state index in [0.29, 0.717) is 12.0 Å². The van der Waals surface area contributed by atoms with E-state index < -0.39 is 0 Å². The highest BCUT2D eigenvalue weighted by Crippen LogP contribution is 2.46. The van der Waals surface area contributed by atoms with E-state index in [0.717, 1.165) is 71.2 Å². The molecule has 3 heterocycles. The van der Waals surface area contributed by atoms with Gasteiger partial charge >= 0.3 is 6.03 Å². The average Bonchev–Trinajstić information content (AvgIpc) is 3.62. The molecule has 1 aromatic carbocycles. The molecule has 2 aliphatic heterocycles. The van der Waals surface area contributed by atoms with Gasteiger partial charge in [-0.15, -0.1) is 0 Å². The van der Waals surface area contributed by atoms with Crippen molar-refractivity contribution in [3.63, 3.8) is 0 Å². The molecule has 1 aromatic heterocycles. The van der Waals surface area contributed by atoms with Crippen LogP contribution in [0.3, 0.4) is 0 Å². The number of likely N-dealkylation sites (tertiary alicyclic amines) is 1. The van der Waals surface area contributed by atoms with E-state index in [9.17, 15) is 4.79 Å². The Labute approximate surface area is 209 Å². The zero-order valence-electron chi connectivity index (χ0n) is 21.4. The monoisotopic (exact) mass is 479 g/mol. The number of urea groups is 1. The molecule has 1 unspecified atom stereocenters. The molecule has 4 aliphatic rings. The minimum absolute atomic E-state index is 0.0916. The van der Waals surface area contributed by atoms with Gasteiger partial charge in [-0.2, -0.15) is 0 Å². The van der Waals surface area contributed by atoms with Crippen molar-refractivity contribution in [2.75, 3.05) is 52.5 Å². The number of benzene rings is 1. The lowest BCUT2D eigenvalue weighted by atomic mass is 9.73. The van der Waals surface area contributed by atoms with Gasteiger partial charge in [-0.3, -0.25) is 9.80 Å². The van der Waals surface area contributed by atoms with Gasteiger partial charge in [0.15, 0.2) is 0 Å². The van der Waals surface area contributed by atoms with E-state index in [4.69, 9.17) is 4.74 Å². The topological polar surface area (TPSA) is 63.8 Å². The van der Waals surface area contributed by atoms with Crippen molar-refractivity contribution >= 4 is 16.9 Å². The first-order chi connectivity index (χ1) is 17.1. The van der Waals surface area contributed by atoms with E-state index in [-0.39, 0.29) is 12.1 Å². The maximum absolute atomic E-state index is 12.9. The number of carbonyl (C=O) groups excluding carboxylic acids is 1. The molecule has 6 rings (SSSR count). The molecule has 0 bridgehead atoms. The van der Waals surface area contributed by atoms with Gasteiger partial charge in [0.2, 0.25) is 0 Å². The molecule has 0 radical (unpaired) electrons. The Morgan fingerprint density at radius 2 is 2.00 bits per heavy atom. The average molecular weight is 480 g/mol. The maximum Gasteiger partial charge on any atom is 0.317 e. The number of H-pyrrole nitrogens is 1. The van der Waals surface area contributed by atoms with E-state index in [1.807, 2.05) is 4.90 Å². The molecule has 2 amide bonds. The lowest BCUT2D eigenvalue weighted by molar-refractivity contribution is 0.0335. The Kier molecular flexibility index (Phi) is 6.50. The number of aromatic amines is 1. The molecule has 3 atom stereocenters. The highest BCUT2D eigenvalue weighted by atomic mass is 16.5. The quantitative estimate of drug-likeness (QED) is 0.638. The van der Waals surface area contributed by atoms with Gasteiger partial charge in [-0.05, 0) is 62.6 Å². The molecule has 2 aliphatic carbocycles. The fraction of sp³-hybridized carbons (Fsp3) is 0.679. The SMILES string of the molecule is CCN(CC)C(=O)N[C@H]1CC2c3cccc4[nH]c(CN5CCOCC5)c(c34)C[C@H]2N(CC2CC2)C1. The molecule has 7 heteroatoms. The van der Waals surface area contributed by atoms with Gasteiger partial charge in [-0.25, -0.2) is 4.79 Å². The molecule has 190 valence electrons. The fourth-order valence-corrected chi connectivity index (χ4v) is 6.80. The zero-order chi connectivity index (χ0) is 23.9. The second-order valence-corrected chi connectivity index (χ2v) is 11.1. The summed E-state index contributed by atoms with van der Waals surface area (Å²) in [5, 5.41) is 4.87. The number of amides is 2. The summed E-state index contributed by atoms with van der Waals surface area (Å²) in [6.07, 6.45) is 4.86. The maximum atomic E-state index is 12.9. The smallest absolute Gasteiger partial charge is 0.317 e. The summed E-state index contributed by atoms with van der Waals surface area (Å²) in [5.41, 5.74) is 5.70. The largest absolute Gasteiger partial charge is 0.379 e. The molecule has 1 saturated carbocycles. The lowest BCUT2D eigenvalue weighted by Gasteiger charge is -2.47. The van der Waals surface area contributed by atoms with Gasteiger partial charge < -0.3 is 19.9 Å². The van der Waals surface area contributed by atoms with Crippen molar-refractivity contribution in [3.8, 4) is 0 Å². The summed E-state index contributed by atoms with van der Waals surface area (Å²) in [5.74, 6) is 1.30. The van der Waals surface area contributed by atoms with Crippen LogP contribution in [0, 0.1) is 5.92 Å². The van der Waals surface area contributed by atoms with Crippen molar-refractivity contribution in [3.05, 3.63) is 35.0 Å². The molecule has 35 heavy (non-hydrogen) atoms. The number of rotatable bonds is 7. The van der Waals surface area contributed by atoms with Crippen LogP contribution in [0.15, 0.2) is 18.2 Å². The number of ether oxygens (including phenoxy) is 1. The summed E-state index contributed by atoms with van der Waals surface area (Å²) < 4.78 is 5.59. The fourth-order valence-electron chi connectivity index (χ4n) is 6.80. The van der Waals surface area contributed by atoms with Gasteiger partial charge in [-0.1, -0.05) is 12.1 Å². The van der Waals surface area contributed by atoms with Gasteiger partial charge in [0.1, 0.15) is 0 Å². The van der Waals surface area contributed by atoms with E-state index in [2.05, 4.69) is 52.1 Å².